The molecule has 0 bridgehead atoms. The van der Waals surface area contributed by atoms with E-state index < -0.39 is 47.2 Å². The highest BCUT2D eigenvalue weighted by molar-refractivity contribution is 7.10. The number of hydrogen-bond acceptors (Lipinski definition) is 8. The molecular weight excluding hydrogens is 593 g/mol. The Morgan fingerprint density at radius 3 is 2.36 bits per heavy atom. The van der Waals surface area contributed by atoms with Crippen LogP contribution in [0.2, 0.25) is 5.02 Å². The fourth-order valence-corrected chi connectivity index (χ4v) is 6.67. The Hall–Kier alpha value is -4.09. The normalized spacial score (nSPS) is 20.9. The number of esters is 2. The summed E-state index contributed by atoms with van der Waals surface area (Å²) in [7, 11) is 2.30. The number of halogens is 4. The lowest BCUT2D eigenvalue weighted by Gasteiger charge is -2.44. The van der Waals surface area contributed by atoms with Gasteiger partial charge in [0.25, 0.3) is 0 Å². The van der Waals surface area contributed by atoms with Gasteiger partial charge in [-0.3, -0.25) is 14.5 Å². The number of anilines is 1. The number of Topliss-reactive ketones (excluding diaryl/α,β-unsaturated/α-hetero) is 1. The first-order valence-corrected chi connectivity index (χ1v) is 13.9. The van der Waals surface area contributed by atoms with Gasteiger partial charge < -0.3 is 15.2 Å². The zero-order chi connectivity index (χ0) is 30.3. The van der Waals surface area contributed by atoms with Crippen LogP contribution >= 0.6 is 22.9 Å². The van der Waals surface area contributed by atoms with Gasteiger partial charge in [-0.1, -0.05) is 48.0 Å². The molecule has 0 saturated carbocycles. The Morgan fingerprint density at radius 2 is 1.76 bits per heavy atom. The van der Waals surface area contributed by atoms with E-state index >= 15 is 0 Å². The van der Waals surface area contributed by atoms with Crippen molar-refractivity contribution in [2.24, 2.45) is 11.7 Å². The van der Waals surface area contributed by atoms with Gasteiger partial charge in [-0.2, -0.15) is 13.2 Å². The number of benzene rings is 2. The van der Waals surface area contributed by atoms with Crippen LogP contribution in [0.5, 0.6) is 0 Å². The Morgan fingerprint density at radius 1 is 1.05 bits per heavy atom. The van der Waals surface area contributed by atoms with Gasteiger partial charge in [0.15, 0.2) is 5.78 Å². The Bertz CT molecular complexity index is 1620. The monoisotopic (exact) mass is 616 g/mol. The van der Waals surface area contributed by atoms with Crippen LogP contribution in [0.1, 0.15) is 34.3 Å². The molecule has 3 aromatic rings. The topological polar surface area (TPSA) is 98.9 Å². The van der Waals surface area contributed by atoms with Crippen molar-refractivity contribution in [2.75, 3.05) is 19.1 Å². The number of carbonyl (C=O) groups excluding carboxylic acids is 3. The molecule has 2 N–H and O–H groups in total. The molecule has 0 unspecified atom stereocenters. The molecule has 0 radical (unpaired) electrons. The molecule has 0 saturated heterocycles. The van der Waals surface area contributed by atoms with Gasteiger partial charge in [0.05, 0.1) is 42.0 Å². The highest BCUT2D eigenvalue weighted by atomic mass is 35.5. The van der Waals surface area contributed by atoms with E-state index in [0.29, 0.717) is 10.4 Å². The Kier molecular flexibility index (Phi) is 7.91. The van der Waals surface area contributed by atoms with E-state index in [0.717, 1.165) is 25.3 Å². The van der Waals surface area contributed by atoms with Crippen molar-refractivity contribution in [1.29, 1.82) is 0 Å². The first-order valence-electron chi connectivity index (χ1n) is 12.7. The summed E-state index contributed by atoms with van der Waals surface area (Å²) >= 11 is 7.73. The van der Waals surface area contributed by atoms with Crippen LogP contribution < -0.4 is 10.6 Å². The number of allylic oxidation sites excluding steroid dienone is 2. The minimum absolute atomic E-state index is 0.00550. The van der Waals surface area contributed by atoms with E-state index in [-0.39, 0.29) is 39.8 Å². The summed E-state index contributed by atoms with van der Waals surface area (Å²) in [4.78, 5) is 42.7. The van der Waals surface area contributed by atoms with E-state index in [1.807, 2.05) is 0 Å². The number of ketones is 1. The van der Waals surface area contributed by atoms with Gasteiger partial charge in [0.2, 0.25) is 0 Å². The average molecular weight is 617 g/mol. The molecule has 218 valence electrons. The van der Waals surface area contributed by atoms with E-state index in [1.54, 1.807) is 47.8 Å². The molecule has 0 fully saturated rings. The van der Waals surface area contributed by atoms with Crippen LogP contribution in [0, 0.1) is 5.92 Å². The van der Waals surface area contributed by atoms with Crippen LogP contribution in [0.4, 0.5) is 18.9 Å². The van der Waals surface area contributed by atoms with E-state index in [9.17, 15) is 27.6 Å². The van der Waals surface area contributed by atoms with Crippen molar-refractivity contribution in [3.63, 3.8) is 0 Å². The minimum atomic E-state index is -4.72. The SMILES string of the molecule is COC(=O)C1=C(N)N(c2cc(C(F)(F)F)ccc2Cl)C2=C(C(=O)[C@@H](C(=O)OC)[C@H](c3ccccc3)C2)[C@@H]1c1cccs1. The zero-order valence-electron chi connectivity index (χ0n) is 22.3. The number of hydrogen-bond donors (Lipinski definition) is 1. The molecular formula is C30H24ClF3N2O5S. The van der Waals surface area contributed by atoms with Crippen LogP contribution in [-0.4, -0.2) is 31.9 Å². The number of carbonyl (C=O) groups is 3. The van der Waals surface area contributed by atoms with Crippen molar-refractivity contribution < 1.29 is 37.0 Å². The third-order valence-corrected chi connectivity index (χ3v) is 8.73. The predicted octanol–water partition coefficient (Wildman–Crippen LogP) is 6.17. The highest BCUT2D eigenvalue weighted by Crippen LogP contribution is 2.53. The first kappa shape index (κ1) is 29.4. The molecule has 0 spiro atoms. The smallest absolute Gasteiger partial charge is 0.416 e. The van der Waals surface area contributed by atoms with Crippen LogP contribution in [-0.2, 0) is 30.0 Å². The van der Waals surface area contributed by atoms with Gasteiger partial charge in [0, 0.05) is 22.1 Å². The number of thiophene rings is 1. The molecule has 0 amide bonds. The second-order valence-corrected chi connectivity index (χ2v) is 11.1. The molecule has 2 aliphatic rings. The lowest BCUT2D eigenvalue weighted by Crippen LogP contribution is -2.46. The third-order valence-electron chi connectivity index (χ3n) is 7.47. The number of nitrogens with zero attached hydrogens (tertiary/aromatic N) is 1. The molecule has 2 heterocycles. The lowest BCUT2D eigenvalue weighted by molar-refractivity contribution is -0.150. The minimum Gasteiger partial charge on any atom is -0.468 e. The van der Waals surface area contributed by atoms with Gasteiger partial charge in [-0.25, -0.2) is 4.79 Å². The fourth-order valence-electron chi connectivity index (χ4n) is 5.62. The van der Waals surface area contributed by atoms with E-state index in [1.165, 1.54) is 23.3 Å². The lowest BCUT2D eigenvalue weighted by atomic mass is 9.68. The molecule has 7 nitrogen and oxygen atoms in total. The van der Waals surface area contributed by atoms with Crippen molar-refractivity contribution in [2.45, 2.75) is 24.4 Å². The summed E-state index contributed by atoms with van der Waals surface area (Å²) in [5.74, 6) is -5.66. The number of methoxy groups -OCH3 is 2. The predicted molar refractivity (Wildman–Crippen MR) is 151 cm³/mol. The summed E-state index contributed by atoms with van der Waals surface area (Å²) in [6.45, 7) is 0. The largest absolute Gasteiger partial charge is 0.468 e. The molecule has 3 atom stereocenters. The first-order chi connectivity index (χ1) is 20.0. The number of ether oxygens (including phenoxy) is 2. The summed E-state index contributed by atoms with van der Waals surface area (Å²) in [6.07, 6.45) is -4.73. The molecule has 1 aromatic heterocycles. The Balaban J connectivity index is 1.85. The van der Waals surface area contributed by atoms with Crippen molar-refractivity contribution in [3.05, 3.63) is 110 Å². The number of alkyl halides is 3. The highest BCUT2D eigenvalue weighted by Gasteiger charge is 2.51. The molecule has 42 heavy (non-hydrogen) atoms. The second-order valence-electron chi connectivity index (χ2n) is 9.69. The Labute approximate surface area is 248 Å². The van der Waals surface area contributed by atoms with Gasteiger partial charge in [0.1, 0.15) is 11.7 Å². The van der Waals surface area contributed by atoms with Gasteiger partial charge >= 0.3 is 18.1 Å². The fraction of sp³-hybridized carbons (Fsp3) is 0.233. The summed E-state index contributed by atoms with van der Waals surface area (Å²) < 4.78 is 51.6. The van der Waals surface area contributed by atoms with Crippen LogP contribution in [0.25, 0.3) is 0 Å². The molecule has 2 aromatic carbocycles. The summed E-state index contributed by atoms with van der Waals surface area (Å²) in [5.41, 5.74) is 6.18. The number of rotatable bonds is 5. The summed E-state index contributed by atoms with van der Waals surface area (Å²) in [6, 6.07) is 14.9. The summed E-state index contributed by atoms with van der Waals surface area (Å²) in [5, 5.41) is 1.64. The van der Waals surface area contributed by atoms with E-state index in [4.69, 9.17) is 26.8 Å². The quantitative estimate of drug-likeness (QED) is 0.270. The van der Waals surface area contributed by atoms with Crippen molar-refractivity contribution in [3.8, 4) is 0 Å². The second kappa shape index (κ2) is 11.3. The van der Waals surface area contributed by atoms with Crippen molar-refractivity contribution in [1.82, 2.24) is 0 Å². The maximum Gasteiger partial charge on any atom is 0.416 e. The molecule has 5 rings (SSSR count). The molecule has 1 aliphatic heterocycles. The standard InChI is InChI=1S/C30H24ClF3N2O5S/c1-40-28(38)22-17(15-7-4-3-5-8-15)14-20-23(26(22)37)24(21-9-6-12-42-21)25(29(39)41-2)27(35)36(20)19-13-16(30(32,33)34)10-11-18(19)31/h3-13,17,22,24H,14,35H2,1-2H3/t17-,22-,24-/m0/s1. The van der Waals surface area contributed by atoms with Crippen LogP contribution in [0.3, 0.4) is 0 Å². The van der Waals surface area contributed by atoms with Crippen LogP contribution in [0.15, 0.2) is 88.7 Å². The molecule has 12 heteroatoms. The maximum atomic E-state index is 14.5. The van der Waals surface area contributed by atoms with Gasteiger partial charge in [-0.15, -0.1) is 11.3 Å². The molecule has 1 aliphatic carbocycles. The van der Waals surface area contributed by atoms with E-state index in [2.05, 4.69) is 0 Å². The zero-order valence-corrected chi connectivity index (χ0v) is 23.8. The number of nitrogens with two attached hydrogens (primary N) is 1. The maximum absolute atomic E-state index is 14.5. The average Bonchev–Trinajstić information content (AvgIpc) is 3.51. The van der Waals surface area contributed by atoms with Crippen molar-refractivity contribution >= 4 is 46.3 Å². The third kappa shape index (κ3) is 4.96. The van der Waals surface area contributed by atoms with Gasteiger partial charge in [-0.05, 0) is 41.6 Å².